The van der Waals surface area contributed by atoms with Gasteiger partial charge in [-0.2, -0.15) is 0 Å². The van der Waals surface area contributed by atoms with Gasteiger partial charge in [0.1, 0.15) is 5.75 Å². The van der Waals surface area contributed by atoms with Crippen LogP contribution in [0.5, 0.6) is 5.75 Å². The van der Waals surface area contributed by atoms with Gasteiger partial charge >= 0.3 is 5.97 Å². The van der Waals surface area contributed by atoms with Gasteiger partial charge in [-0.05, 0) is 81.2 Å². The number of carboxylic acids is 1. The lowest BCUT2D eigenvalue weighted by Gasteiger charge is -2.32. The Hall–Kier alpha value is -3.34. The Morgan fingerprint density at radius 1 is 1.15 bits per heavy atom. The van der Waals surface area contributed by atoms with Crippen molar-refractivity contribution in [3.63, 3.8) is 0 Å². The molecule has 2 rings (SSSR count). The van der Waals surface area contributed by atoms with Crippen molar-refractivity contribution >= 4 is 11.9 Å². The molecule has 1 aromatic carbocycles. The number of hydrogen-bond acceptors (Lipinski definition) is 3. The number of aliphatic carboxylic acids is 1. The van der Waals surface area contributed by atoms with E-state index in [2.05, 4.69) is 38.2 Å². The van der Waals surface area contributed by atoms with Crippen molar-refractivity contribution in [1.29, 1.82) is 0 Å². The number of aromatic hydroxyl groups is 1. The van der Waals surface area contributed by atoms with Crippen molar-refractivity contribution in [3.8, 4) is 5.75 Å². The predicted molar refractivity (Wildman–Crippen MR) is 137 cm³/mol. The molecule has 0 fully saturated rings. The minimum atomic E-state index is -1.67. The molecule has 0 aromatic heterocycles. The number of phenolic OH excluding ortho intramolecular Hbond substituents is 1. The van der Waals surface area contributed by atoms with E-state index in [0.29, 0.717) is 5.57 Å². The van der Waals surface area contributed by atoms with E-state index in [1.54, 1.807) is 19.1 Å². The molecule has 0 radical (unpaired) electrons. The standard InChI is InChI=1S/C29H37NO4/c1-20(15-16-25-22(3)12-9-17-28(25,4)5)10-7-11-21(2)18-26(32)30-29(6,27(33)34)23-13-8-14-24(31)19-23/h7-8,10-11,13-16,18-19,31H,9,12,17H2,1-6H3,(H,30,32)(H,33,34). The second kappa shape index (κ2) is 11.2. The third-order valence-electron chi connectivity index (χ3n) is 6.36. The van der Waals surface area contributed by atoms with Crippen LogP contribution in [-0.2, 0) is 15.1 Å². The first-order valence-electron chi connectivity index (χ1n) is 11.6. The summed E-state index contributed by atoms with van der Waals surface area (Å²) in [5.41, 5.74) is 3.46. The molecule has 34 heavy (non-hydrogen) atoms. The summed E-state index contributed by atoms with van der Waals surface area (Å²) in [5, 5.41) is 21.9. The van der Waals surface area contributed by atoms with Crippen molar-refractivity contribution in [2.45, 2.75) is 66.3 Å². The number of allylic oxidation sites excluding steroid dienone is 9. The molecule has 1 amide bonds. The highest BCUT2D eigenvalue weighted by molar-refractivity contribution is 5.94. The fourth-order valence-electron chi connectivity index (χ4n) is 4.24. The predicted octanol–water partition coefficient (Wildman–Crippen LogP) is 6.34. The highest BCUT2D eigenvalue weighted by Crippen LogP contribution is 2.40. The maximum atomic E-state index is 12.5. The Kier molecular flexibility index (Phi) is 8.86. The molecule has 0 heterocycles. The van der Waals surface area contributed by atoms with Crippen molar-refractivity contribution in [2.75, 3.05) is 0 Å². The number of carboxylic acid groups (broad SMARTS) is 1. The molecule has 0 spiro atoms. The van der Waals surface area contributed by atoms with E-state index in [9.17, 15) is 19.8 Å². The Bertz CT molecular complexity index is 1090. The van der Waals surface area contributed by atoms with E-state index in [1.807, 2.05) is 19.1 Å². The first kappa shape index (κ1) is 26.9. The maximum absolute atomic E-state index is 12.5. The van der Waals surface area contributed by atoms with Crippen LogP contribution in [0.15, 0.2) is 83.0 Å². The molecule has 1 aliphatic rings. The molecular formula is C29H37NO4. The molecule has 0 bridgehead atoms. The summed E-state index contributed by atoms with van der Waals surface area (Å²) in [7, 11) is 0. The van der Waals surface area contributed by atoms with Gasteiger partial charge in [0.25, 0.3) is 0 Å². The molecule has 3 N–H and O–H groups in total. The highest BCUT2D eigenvalue weighted by atomic mass is 16.4. The molecule has 5 heteroatoms. The van der Waals surface area contributed by atoms with Crippen molar-refractivity contribution < 1.29 is 19.8 Å². The second-order valence-corrected chi connectivity index (χ2v) is 9.89. The number of carbonyl (C=O) groups is 2. The Balaban J connectivity index is 2.08. The summed E-state index contributed by atoms with van der Waals surface area (Å²) in [5.74, 6) is -1.81. The third-order valence-corrected chi connectivity index (χ3v) is 6.36. The summed E-state index contributed by atoms with van der Waals surface area (Å²) >= 11 is 0. The van der Waals surface area contributed by atoms with Gasteiger partial charge in [0.2, 0.25) is 5.91 Å². The lowest BCUT2D eigenvalue weighted by Crippen LogP contribution is -2.49. The molecule has 1 unspecified atom stereocenters. The lowest BCUT2D eigenvalue weighted by atomic mass is 9.72. The van der Waals surface area contributed by atoms with E-state index >= 15 is 0 Å². The molecular weight excluding hydrogens is 426 g/mol. The van der Waals surface area contributed by atoms with Gasteiger partial charge in [-0.1, -0.05) is 67.5 Å². The number of carbonyl (C=O) groups excluding carboxylic acids is 1. The zero-order valence-electron chi connectivity index (χ0n) is 21.1. The number of phenols is 1. The van der Waals surface area contributed by atoms with Crippen LogP contribution in [-0.4, -0.2) is 22.1 Å². The van der Waals surface area contributed by atoms with Crippen LogP contribution in [0, 0.1) is 5.41 Å². The normalized spacial score (nSPS) is 18.9. The van der Waals surface area contributed by atoms with Crippen LogP contribution in [0.25, 0.3) is 0 Å². The Labute approximate surface area is 203 Å². The van der Waals surface area contributed by atoms with E-state index in [1.165, 1.54) is 55.2 Å². The van der Waals surface area contributed by atoms with Crippen LogP contribution in [0.1, 0.15) is 66.4 Å². The first-order valence-corrected chi connectivity index (χ1v) is 11.6. The van der Waals surface area contributed by atoms with Gasteiger partial charge < -0.3 is 15.5 Å². The maximum Gasteiger partial charge on any atom is 0.333 e. The summed E-state index contributed by atoms with van der Waals surface area (Å²) in [4.78, 5) is 24.4. The van der Waals surface area contributed by atoms with Crippen LogP contribution < -0.4 is 5.32 Å². The summed E-state index contributed by atoms with van der Waals surface area (Å²) in [6, 6.07) is 5.87. The molecule has 0 saturated heterocycles. The van der Waals surface area contributed by atoms with Crippen molar-refractivity contribution in [2.24, 2.45) is 5.41 Å². The summed E-state index contributed by atoms with van der Waals surface area (Å²) < 4.78 is 0. The van der Waals surface area contributed by atoms with Crippen LogP contribution in [0.2, 0.25) is 0 Å². The van der Waals surface area contributed by atoms with Crippen LogP contribution >= 0.6 is 0 Å². The first-order chi connectivity index (χ1) is 15.8. The van der Waals surface area contributed by atoms with Crippen LogP contribution in [0.4, 0.5) is 0 Å². The van der Waals surface area contributed by atoms with Gasteiger partial charge in [-0.25, -0.2) is 4.79 Å². The van der Waals surface area contributed by atoms with Gasteiger partial charge in [0.05, 0.1) is 0 Å². The van der Waals surface area contributed by atoms with E-state index < -0.39 is 17.4 Å². The number of rotatable bonds is 8. The van der Waals surface area contributed by atoms with E-state index in [0.717, 1.165) is 12.0 Å². The highest BCUT2D eigenvalue weighted by Gasteiger charge is 2.36. The van der Waals surface area contributed by atoms with Gasteiger partial charge in [-0.15, -0.1) is 0 Å². The molecule has 1 atom stereocenters. The lowest BCUT2D eigenvalue weighted by molar-refractivity contribution is -0.146. The molecule has 0 aliphatic heterocycles. The average Bonchev–Trinajstić information content (AvgIpc) is 2.72. The fourth-order valence-corrected chi connectivity index (χ4v) is 4.24. The van der Waals surface area contributed by atoms with E-state index in [-0.39, 0.29) is 16.7 Å². The minimum absolute atomic E-state index is 0.0661. The van der Waals surface area contributed by atoms with Gasteiger partial charge in [-0.3, -0.25) is 4.79 Å². The molecule has 5 nitrogen and oxygen atoms in total. The summed E-state index contributed by atoms with van der Waals surface area (Å²) in [6.45, 7) is 12.0. The van der Waals surface area contributed by atoms with Gasteiger partial charge in [0, 0.05) is 6.08 Å². The number of benzene rings is 1. The molecule has 182 valence electrons. The summed E-state index contributed by atoms with van der Waals surface area (Å²) in [6.07, 6.45) is 15.0. The van der Waals surface area contributed by atoms with Gasteiger partial charge in [0.15, 0.2) is 5.54 Å². The topological polar surface area (TPSA) is 86.6 Å². The van der Waals surface area contributed by atoms with Crippen LogP contribution in [0.3, 0.4) is 0 Å². The number of amides is 1. The minimum Gasteiger partial charge on any atom is -0.508 e. The molecule has 1 aromatic rings. The van der Waals surface area contributed by atoms with Crippen molar-refractivity contribution in [3.05, 3.63) is 88.6 Å². The SMILES string of the molecule is CC(C=CC1=C(C)CCCC1(C)C)=CC=CC(C)=CC(=O)NC(C)(C(=O)O)c1cccc(O)c1. The smallest absolute Gasteiger partial charge is 0.333 e. The zero-order chi connectivity index (χ0) is 25.5. The fraction of sp³-hybridized carbons (Fsp3) is 0.379. The molecule has 0 saturated carbocycles. The number of nitrogens with one attached hydrogen (secondary N) is 1. The quantitative estimate of drug-likeness (QED) is 0.310. The zero-order valence-corrected chi connectivity index (χ0v) is 21.1. The second-order valence-electron chi connectivity index (χ2n) is 9.89. The Morgan fingerprint density at radius 2 is 1.85 bits per heavy atom. The molecule has 1 aliphatic carbocycles. The van der Waals surface area contributed by atoms with E-state index in [4.69, 9.17) is 0 Å². The van der Waals surface area contributed by atoms with Crippen molar-refractivity contribution in [1.82, 2.24) is 5.32 Å². The monoisotopic (exact) mass is 463 g/mol. The largest absolute Gasteiger partial charge is 0.508 e. The Morgan fingerprint density at radius 3 is 2.47 bits per heavy atom. The number of hydrogen-bond donors (Lipinski definition) is 3. The third kappa shape index (κ3) is 7.08. The average molecular weight is 464 g/mol.